The first-order valence-corrected chi connectivity index (χ1v) is 8.99. The van der Waals surface area contributed by atoms with Crippen molar-refractivity contribution in [2.75, 3.05) is 26.4 Å². The average Bonchev–Trinajstić information content (AvgIpc) is 2.93. The van der Waals surface area contributed by atoms with Gasteiger partial charge >= 0.3 is 0 Å². The summed E-state index contributed by atoms with van der Waals surface area (Å²) in [6.07, 6.45) is 2.21. The number of fused-ring (bicyclic) bond motifs is 1. The van der Waals surface area contributed by atoms with Gasteiger partial charge in [-0.2, -0.15) is 0 Å². The molecule has 0 saturated carbocycles. The van der Waals surface area contributed by atoms with E-state index in [1.807, 2.05) is 0 Å². The Bertz CT molecular complexity index is 974. The minimum atomic E-state index is -0.755. The van der Waals surface area contributed by atoms with Crippen LogP contribution in [0.5, 0.6) is 0 Å². The second kappa shape index (κ2) is 7.46. The molecule has 8 heteroatoms. The van der Waals surface area contributed by atoms with E-state index in [1.165, 1.54) is 37.3 Å². The lowest BCUT2D eigenvalue weighted by Crippen LogP contribution is -2.24. The SMILES string of the molecule is CN(C)C(=O)c1c(N)ccc(-c2cnc3c(c2Cl)C(CCO)=C(Cl)C3)c1F. The summed E-state index contributed by atoms with van der Waals surface area (Å²) in [7, 11) is 3.04. The Kier molecular flexibility index (Phi) is 5.42. The Morgan fingerprint density at radius 2 is 2.04 bits per heavy atom. The highest BCUT2D eigenvalue weighted by Crippen LogP contribution is 2.44. The summed E-state index contributed by atoms with van der Waals surface area (Å²) in [6.45, 7) is -0.0940. The zero-order valence-electron chi connectivity index (χ0n) is 14.8. The van der Waals surface area contributed by atoms with Gasteiger partial charge in [0.1, 0.15) is 5.82 Å². The molecule has 2 aromatic rings. The van der Waals surface area contributed by atoms with Gasteiger partial charge in [0.05, 0.1) is 16.3 Å². The number of carbonyl (C=O) groups is 1. The molecule has 1 heterocycles. The zero-order chi connectivity index (χ0) is 19.9. The third-order valence-electron chi connectivity index (χ3n) is 4.49. The highest BCUT2D eigenvalue weighted by Gasteiger charge is 2.28. The molecule has 1 aromatic heterocycles. The van der Waals surface area contributed by atoms with E-state index in [2.05, 4.69) is 4.98 Å². The molecule has 1 aliphatic carbocycles. The smallest absolute Gasteiger partial charge is 0.258 e. The van der Waals surface area contributed by atoms with Crippen LogP contribution in [0.15, 0.2) is 23.4 Å². The maximum absolute atomic E-state index is 15.2. The van der Waals surface area contributed by atoms with E-state index in [9.17, 15) is 9.90 Å². The van der Waals surface area contributed by atoms with Crippen molar-refractivity contribution >= 4 is 40.4 Å². The molecule has 1 aromatic carbocycles. The highest BCUT2D eigenvalue weighted by molar-refractivity contribution is 6.38. The van der Waals surface area contributed by atoms with Crippen LogP contribution in [0.25, 0.3) is 16.7 Å². The maximum Gasteiger partial charge on any atom is 0.258 e. The molecule has 27 heavy (non-hydrogen) atoms. The van der Waals surface area contributed by atoms with E-state index in [4.69, 9.17) is 28.9 Å². The van der Waals surface area contributed by atoms with Crippen LogP contribution in [-0.2, 0) is 6.42 Å². The summed E-state index contributed by atoms with van der Waals surface area (Å²) in [6, 6.07) is 2.94. The zero-order valence-corrected chi connectivity index (χ0v) is 16.3. The van der Waals surface area contributed by atoms with Crippen LogP contribution in [0.2, 0.25) is 5.02 Å². The molecule has 3 rings (SSSR count). The number of amides is 1. The Balaban J connectivity index is 2.20. The lowest BCUT2D eigenvalue weighted by Gasteiger charge is -2.17. The fourth-order valence-electron chi connectivity index (χ4n) is 3.16. The Labute approximate surface area is 166 Å². The molecule has 1 amide bonds. The fourth-order valence-corrected chi connectivity index (χ4v) is 3.84. The molecule has 0 radical (unpaired) electrons. The molecule has 0 unspecified atom stereocenters. The highest BCUT2D eigenvalue weighted by atomic mass is 35.5. The summed E-state index contributed by atoms with van der Waals surface area (Å²) in [5.41, 5.74) is 8.12. The van der Waals surface area contributed by atoms with Crippen molar-refractivity contribution in [1.29, 1.82) is 0 Å². The number of nitrogen functional groups attached to an aromatic ring is 1. The molecular weight excluding hydrogens is 392 g/mol. The minimum Gasteiger partial charge on any atom is -0.398 e. The minimum absolute atomic E-state index is 0.0455. The molecule has 0 saturated heterocycles. The van der Waals surface area contributed by atoms with Gasteiger partial charge in [0.15, 0.2) is 0 Å². The van der Waals surface area contributed by atoms with Crippen molar-refractivity contribution in [2.24, 2.45) is 0 Å². The summed E-state index contributed by atoms with van der Waals surface area (Å²) in [5, 5.41) is 10.1. The standard InChI is InChI=1S/C19H18Cl2FN3O2/c1-25(2)19(27)16-13(23)4-3-9(18(16)22)11-8-24-14-7-12(20)10(5-6-26)15(14)17(11)21/h3-4,8,26H,5-7,23H2,1-2H3. The number of nitrogens with two attached hydrogens (primary N) is 1. The van der Waals surface area contributed by atoms with E-state index >= 15 is 4.39 Å². The van der Waals surface area contributed by atoms with E-state index in [0.717, 1.165) is 0 Å². The summed E-state index contributed by atoms with van der Waals surface area (Å²) in [4.78, 5) is 17.9. The Morgan fingerprint density at radius 1 is 1.33 bits per heavy atom. The summed E-state index contributed by atoms with van der Waals surface area (Å²) >= 11 is 12.9. The van der Waals surface area contributed by atoms with Crippen molar-refractivity contribution in [3.8, 4) is 11.1 Å². The first-order valence-electron chi connectivity index (χ1n) is 8.24. The lowest BCUT2D eigenvalue weighted by atomic mass is 9.97. The average molecular weight is 410 g/mol. The van der Waals surface area contributed by atoms with Crippen molar-refractivity contribution in [3.05, 3.63) is 51.0 Å². The van der Waals surface area contributed by atoms with Crippen LogP contribution in [0, 0.1) is 5.82 Å². The van der Waals surface area contributed by atoms with E-state index < -0.39 is 11.7 Å². The molecule has 0 spiro atoms. The monoisotopic (exact) mass is 409 g/mol. The number of benzene rings is 1. The fraction of sp³-hybridized carbons (Fsp3) is 0.263. The summed E-state index contributed by atoms with van der Waals surface area (Å²) < 4.78 is 15.2. The van der Waals surface area contributed by atoms with Crippen LogP contribution in [-0.4, -0.2) is 41.6 Å². The van der Waals surface area contributed by atoms with E-state index in [1.54, 1.807) is 0 Å². The number of rotatable bonds is 4. The predicted molar refractivity (Wildman–Crippen MR) is 105 cm³/mol. The molecule has 5 nitrogen and oxygen atoms in total. The third kappa shape index (κ3) is 3.29. The first-order chi connectivity index (χ1) is 12.8. The number of hydrogen-bond donors (Lipinski definition) is 2. The number of nitrogens with zero attached hydrogens (tertiary/aromatic N) is 2. The van der Waals surface area contributed by atoms with E-state index in [0.29, 0.717) is 40.3 Å². The number of aliphatic hydroxyl groups is 1. The molecule has 0 fully saturated rings. The Hall–Kier alpha value is -2.15. The number of aromatic nitrogens is 1. The van der Waals surface area contributed by atoms with Crippen LogP contribution >= 0.6 is 23.2 Å². The van der Waals surface area contributed by atoms with Crippen LogP contribution in [0.3, 0.4) is 0 Å². The largest absolute Gasteiger partial charge is 0.398 e. The Morgan fingerprint density at radius 3 is 2.67 bits per heavy atom. The second-order valence-corrected chi connectivity index (χ2v) is 7.27. The van der Waals surface area contributed by atoms with Gasteiger partial charge in [-0.25, -0.2) is 4.39 Å². The van der Waals surface area contributed by atoms with Gasteiger partial charge in [-0.15, -0.1) is 0 Å². The van der Waals surface area contributed by atoms with Gasteiger partial charge in [0, 0.05) is 60.7 Å². The van der Waals surface area contributed by atoms with Crippen LogP contribution in [0.4, 0.5) is 10.1 Å². The quantitative estimate of drug-likeness (QED) is 0.754. The van der Waals surface area contributed by atoms with Gasteiger partial charge in [-0.05, 0) is 24.1 Å². The number of pyridine rings is 1. The molecule has 1 aliphatic rings. The molecule has 0 aliphatic heterocycles. The lowest BCUT2D eigenvalue weighted by molar-refractivity contribution is 0.0824. The van der Waals surface area contributed by atoms with Crippen molar-refractivity contribution in [3.63, 3.8) is 0 Å². The molecule has 0 bridgehead atoms. The topological polar surface area (TPSA) is 79.5 Å². The predicted octanol–water partition coefficient (Wildman–Crippen LogP) is 3.71. The molecule has 142 valence electrons. The van der Waals surface area contributed by atoms with Crippen LogP contribution in [0.1, 0.15) is 28.0 Å². The number of halogens is 3. The van der Waals surface area contributed by atoms with Crippen molar-refractivity contribution < 1.29 is 14.3 Å². The first kappa shape index (κ1) is 19.6. The van der Waals surface area contributed by atoms with E-state index in [-0.39, 0.29) is 28.4 Å². The molecular formula is C19H18Cl2FN3O2. The van der Waals surface area contributed by atoms with Gasteiger partial charge in [-0.3, -0.25) is 9.78 Å². The number of allylic oxidation sites excluding steroid dienone is 1. The van der Waals surface area contributed by atoms with Crippen molar-refractivity contribution in [1.82, 2.24) is 9.88 Å². The number of carbonyl (C=O) groups excluding carboxylic acids is 1. The van der Waals surface area contributed by atoms with Gasteiger partial charge < -0.3 is 15.7 Å². The number of hydrogen-bond acceptors (Lipinski definition) is 4. The third-order valence-corrected chi connectivity index (χ3v) is 5.25. The van der Waals surface area contributed by atoms with Gasteiger partial charge in [-0.1, -0.05) is 23.2 Å². The van der Waals surface area contributed by atoms with Crippen molar-refractivity contribution in [2.45, 2.75) is 12.8 Å². The molecule has 3 N–H and O–H groups in total. The molecule has 0 atom stereocenters. The summed E-state index contributed by atoms with van der Waals surface area (Å²) in [5.74, 6) is -1.30. The normalized spacial score (nSPS) is 13.1. The van der Waals surface area contributed by atoms with Crippen LogP contribution < -0.4 is 5.73 Å². The second-order valence-electron chi connectivity index (χ2n) is 6.43. The van der Waals surface area contributed by atoms with Gasteiger partial charge in [0.25, 0.3) is 5.91 Å². The number of anilines is 1. The maximum atomic E-state index is 15.2. The number of aliphatic hydroxyl groups excluding tert-OH is 1. The van der Waals surface area contributed by atoms with Gasteiger partial charge in [0.2, 0.25) is 0 Å².